The van der Waals surface area contributed by atoms with Crippen LogP contribution in [0, 0.1) is 0 Å². The van der Waals surface area contributed by atoms with Crippen molar-refractivity contribution in [2.75, 3.05) is 31.6 Å². The highest BCUT2D eigenvalue weighted by Gasteiger charge is 2.14. The van der Waals surface area contributed by atoms with Crippen LogP contribution in [0.2, 0.25) is 0 Å². The van der Waals surface area contributed by atoms with Gasteiger partial charge in [0.1, 0.15) is 16.5 Å². The van der Waals surface area contributed by atoms with E-state index in [-0.39, 0.29) is 12.0 Å². The molecular formula is C24H27N3O3S. The summed E-state index contributed by atoms with van der Waals surface area (Å²) in [5.74, 6) is 0.621. The van der Waals surface area contributed by atoms with Crippen LogP contribution < -0.4 is 10.1 Å². The summed E-state index contributed by atoms with van der Waals surface area (Å²) < 4.78 is 11.1. The Morgan fingerprint density at radius 3 is 2.71 bits per heavy atom. The molecule has 4 rings (SSSR count). The molecule has 3 aromatic rings. The smallest absolute Gasteiger partial charge is 0.275 e. The van der Waals surface area contributed by atoms with Gasteiger partial charge in [0.2, 0.25) is 0 Å². The quantitative estimate of drug-likeness (QED) is 0.581. The summed E-state index contributed by atoms with van der Waals surface area (Å²) in [6, 6.07) is 15.8. The molecule has 2 heterocycles. The van der Waals surface area contributed by atoms with Crippen LogP contribution in [0.1, 0.15) is 29.9 Å². The van der Waals surface area contributed by atoms with Crippen molar-refractivity contribution in [3.63, 3.8) is 0 Å². The Labute approximate surface area is 186 Å². The third-order valence-corrected chi connectivity index (χ3v) is 5.80. The van der Waals surface area contributed by atoms with Crippen molar-refractivity contribution >= 4 is 22.9 Å². The molecule has 1 aliphatic rings. The Bertz CT molecular complexity index is 1010. The molecule has 0 spiro atoms. The first-order chi connectivity index (χ1) is 15.1. The number of ether oxygens (including phenoxy) is 2. The summed E-state index contributed by atoms with van der Waals surface area (Å²) in [7, 11) is 0. The number of rotatable bonds is 7. The number of hydrogen-bond donors (Lipinski definition) is 1. The van der Waals surface area contributed by atoms with Crippen LogP contribution in [0.3, 0.4) is 0 Å². The molecule has 1 amide bonds. The molecule has 0 unspecified atom stereocenters. The Kier molecular flexibility index (Phi) is 6.96. The minimum atomic E-state index is -0.203. The molecule has 2 aromatic carbocycles. The Morgan fingerprint density at radius 1 is 1.19 bits per heavy atom. The van der Waals surface area contributed by atoms with Crippen molar-refractivity contribution in [1.29, 1.82) is 0 Å². The van der Waals surface area contributed by atoms with Crippen LogP contribution >= 0.6 is 11.3 Å². The van der Waals surface area contributed by atoms with E-state index in [0.717, 1.165) is 54.9 Å². The predicted molar refractivity (Wildman–Crippen MR) is 124 cm³/mol. The minimum absolute atomic E-state index is 0.133. The molecule has 0 saturated carbocycles. The molecule has 7 heteroatoms. The number of morpholine rings is 1. The summed E-state index contributed by atoms with van der Waals surface area (Å²) in [6.07, 6.45) is 0.133. The van der Waals surface area contributed by atoms with Crippen LogP contribution in [0.25, 0.3) is 10.6 Å². The molecule has 6 nitrogen and oxygen atoms in total. The zero-order chi connectivity index (χ0) is 21.6. The van der Waals surface area contributed by atoms with Gasteiger partial charge in [-0.2, -0.15) is 0 Å². The van der Waals surface area contributed by atoms with E-state index in [1.54, 1.807) is 5.38 Å². The maximum atomic E-state index is 12.7. The van der Waals surface area contributed by atoms with E-state index in [1.165, 1.54) is 16.9 Å². The Balaban J connectivity index is 1.39. The van der Waals surface area contributed by atoms with Crippen LogP contribution in [0.4, 0.5) is 5.69 Å². The maximum Gasteiger partial charge on any atom is 0.275 e. The van der Waals surface area contributed by atoms with Gasteiger partial charge in [0.05, 0.1) is 19.3 Å². The second-order valence-corrected chi connectivity index (χ2v) is 8.63. The Morgan fingerprint density at radius 2 is 1.97 bits per heavy atom. The lowest BCUT2D eigenvalue weighted by Gasteiger charge is -2.26. The van der Waals surface area contributed by atoms with Gasteiger partial charge in [-0.1, -0.05) is 12.1 Å². The first-order valence-corrected chi connectivity index (χ1v) is 11.4. The number of hydrogen-bond acceptors (Lipinski definition) is 6. The SMILES string of the molecule is CC(C)Oc1ccc(-c2nc(C(=O)Nc3cccc(CN4CCOCC4)c3)cs2)cc1. The van der Waals surface area contributed by atoms with Crippen molar-refractivity contribution in [2.45, 2.75) is 26.5 Å². The van der Waals surface area contributed by atoms with Gasteiger partial charge < -0.3 is 14.8 Å². The van der Waals surface area contributed by atoms with Crippen LogP contribution in [0.15, 0.2) is 53.9 Å². The fourth-order valence-corrected chi connectivity index (χ4v) is 4.23. The number of benzene rings is 2. The molecule has 1 fully saturated rings. The minimum Gasteiger partial charge on any atom is -0.491 e. The average molecular weight is 438 g/mol. The molecule has 162 valence electrons. The van der Waals surface area contributed by atoms with Gasteiger partial charge in [0.25, 0.3) is 5.91 Å². The highest BCUT2D eigenvalue weighted by molar-refractivity contribution is 7.13. The van der Waals surface area contributed by atoms with Gasteiger partial charge in [0, 0.05) is 36.3 Å². The van der Waals surface area contributed by atoms with E-state index in [2.05, 4.69) is 21.3 Å². The molecule has 1 saturated heterocycles. The number of amides is 1. The number of carbonyl (C=O) groups is 1. The molecule has 31 heavy (non-hydrogen) atoms. The molecule has 0 aliphatic carbocycles. The summed E-state index contributed by atoms with van der Waals surface area (Å²) in [5, 5.41) is 5.57. The standard InChI is InChI=1S/C24H27N3O3S/c1-17(2)30-21-8-6-19(7-9-21)24-26-22(16-31-24)23(28)25-20-5-3-4-18(14-20)15-27-10-12-29-13-11-27/h3-9,14,16-17H,10-13,15H2,1-2H3,(H,25,28). The number of nitrogens with zero attached hydrogens (tertiary/aromatic N) is 2. The van der Waals surface area contributed by atoms with E-state index in [0.29, 0.717) is 5.69 Å². The summed E-state index contributed by atoms with van der Waals surface area (Å²) in [4.78, 5) is 19.6. The van der Waals surface area contributed by atoms with Crippen molar-refractivity contribution in [3.8, 4) is 16.3 Å². The number of anilines is 1. The topological polar surface area (TPSA) is 63.7 Å². The zero-order valence-corrected chi connectivity index (χ0v) is 18.7. The van der Waals surface area contributed by atoms with E-state index in [9.17, 15) is 4.79 Å². The summed E-state index contributed by atoms with van der Waals surface area (Å²) in [6.45, 7) is 8.26. The third-order valence-electron chi connectivity index (χ3n) is 4.90. The third kappa shape index (κ3) is 5.91. The lowest BCUT2D eigenvalue weighted by Crippen LogP contribution is -2.35. The monoisotopic (exact) mass is 437 g/mol. The second kappa shape index (κ2) is 10.0. The average Bonchev–Trinajstić information content (AvgIpc) is 3.25. The Hall–Kier alpha value is -2.74. The largest absolute Gasteiger partial charge is 0.491 e. The highest BCUT2D eigenvalue weighted by atomic mass is 32.1. The van der Waals surface area contributed by atoms with Crippen LogP contribution in [-0.4, -0.2) is 48.2 Å². The van der Waals surface area contributed by atoms with Crippen molar-refractivity contribution in [2.24, 2.45) is 0 Å². The van der Waals surface area contributed by atoms with Gasteiger partial charge in [-0.25, -0.2) is 4.98 Å². The van der Waals surface area contributed by atoms with Gasteiger partial charge in [-0.15, -0.1) is 11.3 Å². The molecule has 0 radical (unpaired) electrons. The number of thiazole rings is 1. The van der Waals surface area contributed by atoms with Gasteiger partial charge in [-0.05, 0) is 55.8 Å². The first-order valence-electron chi connectivity index (χ1n) is 10.5. The van der Waals surface area contributed by atoms with Crippen LogP contribution in [-0.2, 0) is 11.3 Å². The zero-order valence-electron chi connectivity index (χ0n) is 17.8. The molecule has 1 aromatic heterocycles. The van der Waals surface area contributed by atoms with E-state index < -0.39 is 0 Å². The van der Waals surface area contributed by atoms with Gasteiger partial charge in [-0.3, -0.25) is 9.69 Å². The normalized spacial score (nSPS) is 14.5. The summed E-state index contributed by atoms with van der Waals surface area (Å²) >= 11 is 1.46. The van der Waals surface area contributed by atoms with E-state index in [1.807, 2.05) is 56.3 Å². The lowest BCUT2D eigenvalue weighted by molar-refractivity contribution is 0.0342. The molecule has 0 bridgehead atoms. The lowest BCUT2D eigenvalue weighted by atomic mass is 10.2. The molecule has 0 atom stereocenters. The maximum absolute atomic E-state index is 12.7. The van der Waals surface area contributed by atoms with Crippen LogP contribution in [0.5, 0.6) is 5.75 Å². The molecular weight excluding hydrogens is 410 g/mol. The summed E-state index contributed by atoms with van der Waals surface area (Å²) in [5.41, 5.74) is 3.33. The van der Waals surface area contributed by atoms with Gasteiger partial charge in [0.15, 0.2) is 0 Å². The number of carbonyl (C=O) groups excluding carboxylic acids is 1. The van der Waals surface area contributed by atoms with E-state index >= 15 is 0 Å². The van der Waals surface area contributed by atoms with Gasteiger partial charge >= 0.3 is 0 Å². The fourth-order valence-electron chi connectivity index (χ4n) is 3.42. The number of nitrogens with one attached hydrogen (secondary N) is 1. The fraction of sp³-hybridized carbons (Fsp3) is 0.333. The highest BCUT2D eigenvalue weighted by Crippen LogP contribution is 2.26. The number of aromatic nitrogens is 1. The van der Waals surface area contributed by atoms with E-state index in [4.69, 9.17) is 9.47 Å². The second-order valence-electron chi connectivity index (χ2n) is 7.77. The molecule has 1 N–H and O–H groups in total. The van der Waals surface area contributed by atoms with Crippen molar-refractivity contribution < 1.29 is 14.3 Å². The molecule has 1 aliphatic heterocycles. The predicted octanol–water partition coefficient (Wildman–Crippen LogP) is 4.68. The first kappa shape index (κ1) is 21.5. The van der Waals surface area contributed by atoms with Crippen molar-refractivity contribution in [1.82, 2.24) is 9.88 Å². The van der Waals surface area contributed by atoms with Crippen molar-refractivity contribution in [3.05, 3.63) is 65.2 Å².